The quantitative estimate of drug-likeness (QED) is 0.760. The molecule has 6 nitrogen and oxygen atoms in total. The minimum absolute atomic E-state index is 0.403. The molecule has 3 rings (SSSR count). The van der Waals surface area contributed by atoms with Crippen LogP contribution in [0.3, 0.4) is 0 Å². The van der Waals surface area contributed by atoms with Gasteiger partial charge in [0.1, 0.15) is 12.1 Å². The highest BCUT2D eigenvalue weighted by Crippen LogP contribution is 2.29. The minimum atomic E-state index is -1.25. The van der Waals surface area contributed by atoms with Gasteiger partial charge in [0.2, 0.25) is 5.91 Å². The molecule has 140 valence electrons. The Bertz CT molecular complexity index is 930. The Morgan fingerprint density at radius 2 is 1.81 bits per heavy atom. The summed E-state index contributed by atoms with van der Waals surface area (Å²) in [6, 6.07) is 11.0. The topological polar surface area (TPSA) is 78.5 Å². The van der Waals surface area contributed by atoms with Crippen molar-refractivity contribution in [1.82, 2.24) is 10.2 Å². The van der Waals surface area contributed by atoms with E-state index in [1.54, 1.807) is 49.4 Å². The molecular weight excluding hydrogens is 389 g/mol. The normalized spacial score (nSPS) is 19.2. The lowest BCUT2D eigenvalue weighted by atomic mass is 9.92. The summed E-state index contributed by atoms with van der Waals surface area (Å²) in [5.41, 5.74) is 0.693. The number of urea groups is 1. The molecule has 1 aliphatic rings. The number of hydrogen-bond donors (Lipinski definition) is 2. The number of nitrogens with one attached hydrogen (secondary N) is 2. The Labute approximate surface area is 166 Å². The van der Waals surface area contributed by atoms with E-state index in [4.69, 9.17) is 23.2 Å². The molecule has 1 atom stereocenters. The van der Waals surface area contributed by atoms with Crippen molar-refractivity contribution in [2.75, 3.05) is 11.9 Å². The number of anilines is 1. The summed E-state index contributed by atoms with van der Waals surface area (Å²) in [5.74, 6) is -1.01. The SMILES string of the molecule is Cc1ccc(NC(=O)CN2C(=O)N[C@@](C)(c3ccc(Cl)cc3)C2=O)cc1Cl. The molecular formula is C19H17Cl2N3O3. The van der Waals surface area contributed by atoms with Crippen molar-refractivity contribution >= 4 is 46.7 Å². The highest BCUT2D eigenvalue weighted by Gasteiger charge is 2.49. The van der Waals surface area contributed by atoms with Gasteiger partial charge in [0.15, 0.2) is 0 Å². The summed E-state index contributed by atoms with van der Waals surface area (Å²) < 4.78 is 0. The highest BCUT2D eigenvalue weighted by molar-refractivity contribution is 6.31. The summed E-state index contributed by atoms with van der Waals surface area (Å²) in [7, 11) is 0. The van der Waals surface area contributed by atoms with Crippen LogP contribution in [-0.2, 0) is 15.1 Å². The number of aryl methyl sites for hydroxylation is 1. The maximum atomic E-state index is 12.8. The number of carbonyl (C=O) groups is 3. The molecule has 1 aliphatic heterocycles. The van der Waals surface area contributed by atoms with Gasteiger partial charge in [-0.2, -0.15) is 0 Å². The average Bonchev–Trinajstić information content (AvgIpc) is 2.83. The van der Waals surface area contributed by atoms with Gasteiger partial charge in [0.25, 0.3) is 5.91 Å². The van der Waals surface area contributed by atoms with Gasteiger partial charge in [0.05, 0.1) is 0 Å². The minimum Gasteiger partial charge on any atom is -0.324 e. The molecule has 0 unspecified atom stereocenters. The first-order chi connectivity index (χ1) is 12.7. The largest absolute Gasteiger partial charge is 0.325 e. The van der Waals surface area contributed by atoms with Crippen LogP contribution in [0.4, 0.5) is 10.5 Å². The first kappa shape index (κ1) is 19.2. The van der Waals surface area contributed by atoms with E-state index in [1.165, 1.54) is 0 Å². The van der Waals surface area contributed by atoms with Crippen molar-refractivity contribution in [3.05, 3.63) is 63.6 Å². The van der Waals surface area contributed by atoms with E-state index in [-0.39, 0.29) is 0 Å². The Hall–Kier alpha value is -2.57. The molecule has 27 heavy (non-hydrogen) atoms. The van der Waals surface area contributed by atoms with Crippen LogP contribution in [-0.4, -0.2) is 29.3 Å². The Morgan fingerprint density at radius 3 is 2.44 bits per heavy atom. The molecule has 0 aromatic heterocycles. The van der Waals surface area contributed by atoms with Crippen LogP contribution in [0.5, 0.6) is 0 Å². The summed E-state index contributed by atoms with van der Waals surface area (Å²) in [6.07, 6.45) is 0. The molecule has 2 N–H and O–H groups in total. The molecule has 1 saturated heterocycles. The molecule has 0 aliphatic carbocycles. The van der Waals surface area contributed by atoms with Gasteiger partial charge in [-0.05, 0) is 49.2 Å². The third-order valence-corrected chi connectivity index (χ3v) is 5.11. The summed E-state index contributed by atoms with van der Waals surface area (Å²) in [4.78, 5) is 38.3. The van der Waals surface area contributed by atoms with Crippen LogP contribution in [0, 0.1) is 6.92 Å². The lowest BCUT2D eigenvalue weighted by Crippen LogP contribution is -2.42. The van der Waals surface area contributed by atoms with Crippen LogP contribution < -0.4 is 10.6 Å². The maximum absolute atomic E-state index is 12.8. The van der Waals surface area contributed by atoms with Gasteiger partial charge < -0.3 is 10.6 Å². The van der Waals surface area contributed by atoms with Crippen molar-refractivity contribution in [1.29, 1.82) is 0 Å². The summed E-state index contributed by atoms with van der Waals surface area (Å²) >= 11 is 11.9. The highest BCUT2D eigenvalue weighted by atomic mass is 35.5. The molecule has 1 fully saturated rings. The van der Waals surface area contributed by atoms with Crippen molar-refractivity contribution < 1.29 is 14.4 Å². The fraction of sp³-hybridized carbons (Fsp3) is 0.211. The number of halogens is 2. The zero-order chi connectivity index (χ0) is 19.8. The van der Waals surface area contributed by atoms with Crippen LogP contribution in [0.15, 0.2) is 42.5 Å². The van der Waals surface area contributed by atoms with Crippen molar-refractivity contribution in [3.8, 4) is 0 Å². The van der Waals surface area contributed by atoms with E-state index in [1.807, 2.05) is 6.92 Å². The second-order valence-corrected chi connectivity index (χ2v) is 7.31. The standard InChI is InChI=1S/C19H17Cl2N3O3/c1-11-3-8-14(9-15(11)21)22-16(25)10-24-17(26)19(2,23-18(24)27)12-4-6-13(20)7-5-12/h3-9H,10H2,1-2H3,(H,22,25)(H,23,27)/t19-/m0/s1. The van der Waals surface area contributed by atoms with Crippen LogP contribution >= 0.6 is 23.2 Å². The van der Waals surface area contributed by atoms with E-state index >= 15 is 0 Å². The Morgan fingerprint density at radius 1 is 1.15 bits per heavy atom. The monoisotopic (exact) mass is 405 g/mol. The Kier molecular flexibility index (Phi) is 5.13. The zero-order valence-electron chi connectivity index (χ0n) is 14.7. The molecule has 4 amide bonds. The molecule has 0 bridgehead atoms. The number of carbonyl (C=O) groups excluding carboxylic acids is 3. The fourth-order valence-electron chi connectivity index (χ4n) is 2.83. The van der Waals surface area contributed by atoms with Gasteiger partial charge in [-0.3, -0.25) is 14.5 Å². The van der Waals surface area contributed by atoms with E-state index in [0.717, 1.165) is 10.5 Å². The van der Waals surface area contributed by atoms with Gasteiger partial charge in [-0.15, -0.1) is 0 Å². The summed E-state index contributed by atoms with van der Waals surface area (Å²) in [6.45, 7) is 3.03. The van der Waals surface area contributed by atoms with Crippen molar-refractivity contribution in [2.45, 2.75) is 19.4 Å². The van der Waals surface area contributed by atoms with Gasteiger partial charge >= 0.3 is 6.03 Å². The van der Waals surface area contributed by atoms with Crippen molar-refractivity contribution in [3.63, 3.8) is 0 Å². The predicted octanol–water partition coefficient (Wildman–Crippen LogP) is 3.71. The lowest BCUT2D eigenvalue weighted by molar-refractivity contribution is -0.133. The molecule has 1 heterocycles. The van der Waals surface area contributed by atoms with Crippen molar-refractivity contribution in [2.24, 2.45) is 0 Å². The molecule has 8 heteroatoms. The van der Waals surface area contributed by atoms with E-state index < -0.39 is 29.9 Å². The number of imide groups is 1. The molecule has 2 aromatic rings. The van der Waals surface area contributed by atoms with E-state index in [2.05, 4.69) is 10.6 Å². The second kappa shape index (κ2) is 7.21. The maximum Gasteiger partial charge on any atom is 0.325 e. The number of benzene rings is 2. The fourth-order valence-corrected chi connectivity index (χ4v) is 3.14. The van der Waals surface area contributed by atoms with Crippen LogP contribution in [0.25, 0.3) is 0 Å². The van der Waals surface area contributed by atoms with E-state index in [9.17, 15) is 14.4 Å². The number of rotatable bonds is 4. The molecule has 0 radical (unpaired) electrons. The number of hydrogen-bond acceptors (Lipinski definition) is 3. The van der Waals surface area contributed by atoms with Gasteiger partial charge in [-0.1, -0.05) is 41.4 Å². The third kappa shape index (κ3) is 3.77. The lowest BCUT2D eigenvalue weighted by Gasteiger charge is -2.22. The molecule has 0 saturated carbocycles. The smallest absolute Gasteiger partial charge is 0.324 e. The third-order valence-electron chi connectivity index (χ3n) is 4.45. The number of nitrogens with zero attached hydrogens (tertiary/aromatic N) is 1. The van der Waals surface area contributed by atoms with Gasteiger partial charge in [0, 0.05) is 15.7 Å². The van der Waals surface area contributed by atoms with Crippen LogP contribution in [0.2, 0.25) is 10.0 Å². The Balaban J connectivity index is 1.74. The second-order valence-electron chi connectivity index (χ2n) is 6.47. The zero-order valence-corrected chi connectivity index (χ0v) is 16.2. The number of amides is 4. The van der Waals surface area contributed by atoms with Crippen LogP contribution in [0.1, 0.15) is 18.1 Å². The first-order valence-electron chi connectivity index (χ1n) is 8.17. The average molecular weight is 406 g/mol. The molecule has 0 spiro atoms. The molecule has 2 aromatic carbocycles. The van der Waals surface area contributed by atoms with Gasteiger partial charge in [-0.25, -0.2) is 4.79 Å². The van der Waals surface area contributed by atoms with E-state index in [0.29, 0.717) is 21.3 Å². The predicted molar refractivity (Wildman–Crippen MR) is 104 cm³/mol. The first-order valence-corrected chi connectivity index (χ1v) is 8.92. The summed E-state index contributed by atoms with van der Waals surface area (Å²) in [5, 5.41) is 6.32.